The van der Waals surface area contributed by atoms with Gasteiger partial charge in [-0.1, -0.05) is 30.3 Å². The van der Waals surface area contributed by atoms with Gasteiger partial charge in [0, 0.05) is 0 Å². The number of aliphatic carboxylic acids is 1. The van der Waals surface area contributed by atoms with Crippen LogP contribution in [0, 0.1) is 0 Å². The minimum absolute atomic E-state index is 0.0459. The molecule has 1 atom stereocenters. The van der Waals surface area contributed by atoms with Gasteiger partial charge in [0.15, 0.2) is 0 Å². The highest BCUT2D eigenvalue weighted by Crippen LogP contribution is 2.21. The van der Waals surface area contributed by atoms with Crippen molar-refractivity contribution in [1.82, 2.24) is 4.72 Å². The molecule has 0 saturated carbocycles. The third-order valence-corrected chi connectivity index (χ3v) is 4.74. The molecule has 1 unspecified atom stereocenters. The van der Waals surface area contributed by atoms with Crippen LogP contribution in [-0.2, 0) is 14.8 Å². The molecule has 0 aliphatic carbocycles. The number of ether oxygens (including phenoxy) is 1. The van der Waals surface area contributed by atoms with Crippen LogP contribution in [0.25, 0.3) is 0 Å². The highest BCUT2D eigenvalue weighted by molar-refractivity contribution is 7.89. The van der Waals surface area contributed by atoms with Crippen molar-refractivity contribution >= 4 is 16.0 Å². The van der Waals surface area contributed by atoms with Gasteiger partial charge in [0.2, 0.25) is 10.0 Å². The predicted molar refractivity (Wildman–Crippen MR) is 84.8 cm³/mol. The first-order valence-corrected chi connectivity index (χ1v) is 8.34. The summed E-state index contributed by atoms with van der Waals surface area (Å²) in [5.41, 5.74) is 0.590. The summed E-state index contributed by atoms with van der Waals surface area (Å²) in [5.74, 6) is -0.551. The summed E-state index contributed by atoms with van der Waals surface area (Å²) < 4.78 is 32.3. The summed E-state index contributed by atoms with van der Waals surface area (Å²) in [7, 11) is -2.36. The summed E-state index contributed by atoms with van der Waals surface area (Å²) in [4.78, 5) is 11.1. The lowest BCUT2D eigenvalue weighted by Gasteiger charge is -2.17. The topological polar surface area (TPSA) is 92.7 Å². The molecular weight excluding hydrogens is 318 g/mol. The number of methoxy groups -OCH3 is 1. The van der Waals surface area contributed by atoms with Gasteiger partial charge >= 0.3 is 5.97 Å². The molecule has 122 valence electrons. The molecule has 0 bridgehead atoms. The molecule has 6 nitrogen and oxygen atoms in total. The first kappa shape index (κ1) is 17.0. The monoisotopic (exact) mass is 335 g/mol. The maximum Gasteiger partial charge on any atom is 0.305 e. The van der Waals surface area contributed by atoms with E-state index in [0.29, 0.717) is 11.3 Å². The van der Waals surface area contributed by atoms with Crippen LogP contribution in [-0.4, -0.2) is 26.6 Å². The van der Waals surface area contributed by atoms with E-state index in [2.05, 4.69) is 4.72 Å². The van der Waals surface area contributed by atoms with Crippen molar-refractivity contribution in [2.45, 2.75) is 17.4 Å². The lowest BCUT2D eigenvalue weighted by atomic mass is 10.1. The average molecular weight is 335 g/mol. The zero-order valence-electron chi connectivity index (χ0n) is 12.5. The smallest absolute Gasteiger partial charge is 0.305 e. The Bertz CT molecular complexity index is 757. The van der Waals surface area contributed by atoms with Crippen molar-refractivity contribution in [3.8, 4) is 5.75 Å². The van der Waals surface area contributed by atoms with E-state index in [1.807, 2.05) is 0 Å². The van der Waals surface area contributed by atoms with E-state index >= 15 is 0 Å². The number of carboxylic acids is 1. The number of carboxylic acid groups (broad SMARTS) is 1. The number of rotatable bonds is 7. The zero-order chi connectivity index (χ0) is 16.9. The van der Waals surface area contributed by atoms with E-state index in [4.69, 9.17) is 9.84 Å². The third-order valence-electron chi connectivity index (χ3n) is 3.25. The molecule has 0 heterocycles. The number of nitrogens with one attached hydrogen (secondary N) is 1. The van der Waals surface area contributed by atoms with Gasteiger partial charge in [0.25, 0.3) is 0 Å². The second-order valence-electron chi connectivity index (χ2n) is 4.86. The summed E-state index contributed by atoms with van der Waals surface area (Å²) in [6, 6.07) is 13.6. The average Bonchev–Trinajstić information content (AvgIpc) is 2.54. The molecule has 2 rings (SSSR count). The second-order valence-corrected chi connectivity index (χ2v) is 6.57. The molecule has 2 N–H and O–H groups in total. The van der Waals surface area contributed by atoms with Crippen LogP contribution in [0.3, 0.4) is 0 Å². The SMILES string of the molecule is COc1ccc(S(=O)(=O)NC(CC(=O)O)c2ccccc2)cc1. The van der Waals surface area contributed by atoms with Crippen LogP contribution in [0.5, 0.6) is 5.75 Å². The van der Waals surface area contributed by atoms with Crippen LogP contribution in [0.1, 0.15) is 18.0 Å². The first-order chi connectivity index (χ1) is 10.9. The molecule has 0 amide bonds. The second kappa shape index (κ2) is 7.26. The lowest BCUT2D eigenvalue weighted by molar-refractivity contribution is -0.137. The minimum atomic E-state index is -3.85. The molecule has 0 aromatic heterocycles. The highest BCUT2D eigenvalue weighted by atomic mass is 32.2. The van der Waals surface area contributed by atoms with Crippen LogP contribution in [0.4, 0.5) is 0 Å². The maximum atomic E-state index is 12.5. The van der Waals surface area contributed by atoms with Crippen molar-refractivity contribution in [3.63, 3.8) is 0 Å². The fourth-order valence-corrected chi connectivity index (χ4v) is 3.32. The van der Waals surface area contributed by atoms with Crippen LogP contribution in [0.2, 0.25) is 0 Å². The minimum Gasteiger partial charge on any atom is -0.497 e. The summed E-state index contributed by atoms with van der Waals surface area (Å²) >= 11 is 0. The van der Waals surface area contributed by atoms with Gasteiger partial charge < -0.3 is 9.84 Å². The van der Waals surface area contributed by atoms with Gasteiger partial charge in [-0.2, -0.15) is 0 Å². The fourth-order valence-electron chi connectivity index (χ4n) is 2.10. The zero-order valence-corrected chi connectivity index (χ0v) is 13.3. The predicted octanol–water partition coefficient (Wildman–Crippen LogP) is 2.19. The molecular formula is C16H17NO5S. The van der Waals surface area contributed by atoms with Crippen LogP contribution < -0.4 is 9.46 Å². The Balaban J connectivity index is 2.28. The number of sulfonamides is 1. The highest BCUT2D eigenvalue weighted by Gasteiger charge is 2.23. The van der Waals surface area contributed by atoms with Gasteiger partial charge in [-0.3, -0.25) is 4.79 Å². The first-order valence-electron chi connectivity index (χ1n) is 6.85. The molecule has 0 saturated heterocycles. The summed E-state index contributed by atoms with van der Waals surface area (Å²) in [6.07, 6.45) is -0.348. The summed E-state index contributed by atoms with van der Waals surface area (Å²) in [5, 5.41) is 9.03. The number of hydrogen-bond donors (Lipinski definition) is 2. The van der Waals surface area contributed by atoms with Gasteiger partial charge in [0.05, 0.1) is 24.5 Å². The molecule has 0 aliphatic rings. The number of carbonyl (C=O) groups is 1. The van der Waals surface area contributed by atoms with Crippen molar-refractivity contribution in [2.75, 3.05) is 7.11 Å². The third kappa shape index (κ3) is 4.54. The molecule has 23 heavy (non-hydrogen) atoms. The molecule has 7 heteroatoms. The van der Waals surface area contributed by atoms with Gasteiger partial charge in [0.1, 0.15) is 5.75 Å². The number of benzene rings is 2. The van der Waals surface area contributed by atoms with Gasteiger partial charge in [-0.15, -0.1) is 0 Å². The molecule has 0 aliphatic heterocycles. The standard InChI is InChI=1S/C16H17NO5S/c1-22-13-7-9-14(10-8-13)23(20,21)17-15(11-16(18)19)12-5-3-2-4-6-12/h2-10,15,17H,11H2,1H3,(H,18,19). The number of hydrogen-bond acceptors (Lipinski definition) is 4. The van der Waals surface area contributed by atoms with Crippen LogP contribution >= 0.6 is 0 Å². The fraction of sp³-hybridized carbons (Fsp3) is 0.188. The van der Waals surface area contributed by atoms with Crippen molar-refractivity contribution < 1.29 is 23.1 Å². The van der Waals surface area contributed by atoms with E-state index < -0.39 is 22.0 Å². The van der Waals surface area contributed by atoms with E-state index in [-0.39, 0.29) is 11.3 Å². The molecule has 0 radical (unpaired) electrons. The van der Waals surface area contributed by atoms with Gasteiger partial charge in [-0.05, 0) is 29.8 Å². The maximum absolute atomic E-state index is 12.5. The molecule has 2 aromatic carbocycles. The Kier molecular flexibility index (Phi) is 5.36. The van der Waals surface area contributed by atoms with Gasteiger partial charge in [-0.25, -0.2) is 13.1 Å². The Hall–Kier alpha value is -2.38. The van der Waals surface area contributed by atoms with Crippen molar-refractivity contribution in [2.24, 2.45) is 0 Å². The summed E-state index contributed by atoms with van der Waals surface area (Å²) in [6.45, 7) is 0. The Morgan fingerprint density at radius 2 is 1.74 bits per heavy atom. The lowest BCUT2D eigenvalue weighted by Crippen LogP contribution is -2.30. The molecule has 2 aromatic rings. The Morgan fingerprint density at radius 3 is 2.26 bits per heavy atom. The van der Waals surface area contributed by atoms with E-state index in [1.165, 1.54) is 31.4 Å². The van der Waals surface area contributed by atoms with Crippen LogP contribution in [0.15, 0.2) is 59.5 Å². The van der Waals surface area contributed by atoms with E-state index in [9.17, 15) is 13.2 Å². The Labute approximate surface area is 134 Å². The van der Waals surface area contributed by atoms with E-state index in [1.54, 1.807) is 30.3 Å². The van der Waals surface area contributed by atoms with E-state index in [0.717, 1.165) is 0 Å². The van der Waals surface area contributed by atoms with Crippen molar-refractivity contribution in [3.05, 3.63) is 60.2 Å². The Morgan fingerprint density at radius 1 is 1.13 bits per heavy atom. The molecule has 0 fully saturated rings. The largest absolute Gasteiger partial charge is 0.497 e. The van der Waals surface area contributed by atoms with Crippen molar-refractivity contribution in [1.29, 1.82) is 0 Å². The molecule has 0 spiro atoms. The quantitative estimate of drug-likeness (QED) is 0.809. The normalized spacial score (nSPS) is 12.6.